The molecule has 0 unspecified atom stereocenters. The van der Waals surface area contributed by atoms with Gasteiger partial charge in [-0.3, -0.25) is 4.79 Å². The Morgan fingerprint density at radius 2 is 1.89 bits per heavy atom. The predicted molar refractivity (Wildman–Crippen MR) is 49.6 cm³/mol. The summed E-state index contributed by atoms with van der Waals surface area (Å²) >= 11 is 0. The summed E-state index contributed by atoms with van der Waals surface area (Å²) in [5.41, 5.74) is 0. The van der Waals surface area contributed by atoms with Crippen LogP contribution in [0.25, 0.3) is 0 Å². The first-order valence-electron chi connectivity index (χ1n) is 2.46. The monoisotopic (exact) mass is 266 g/mol. The Hall–Kier alpha value is 0.490. The maximum absolute atomic E-state index is 10.2. The molecular weight excluding hydrogens is 254 g/mol. The minimum absolute atomic E-state index is 0. The summed E-state index contributed by atoms with van der Waals surface area (Å²) in [5.74, 6) is -0.123. The average Bonchev–Trinajstić information content (AvgIpc) is 1.68. The molecular formula is C5H12ClIO2. The van der Waals surface area contributed by atoms with Crippen LogP contribution in [0, 0.1) is 0 Å². The Morgan fingerprint density at radius 1 is 1.44 bits per heavy atom. The van der Waals surface area contributed by atoms with Crippen LogP contribution >= 0.6 is 36.4 Å². The third-order valence-electron chi connectivity index (χ3n) is 0.594. The maximum atomic E-state index is 10.2. The largest absolute Gasteiger partial charge is 0.466 e. The molecule has 9 heavy (non-hydrogen) atoms. The standard InChI is InChI=1S/C5H10O2.ClH.HI/c1-3-5(6)7-4-2;;/h3-4H2,1-2H3;2*1H. The molecule has 0 aliphatic rings. The molecule has 0 atom stereocenters. The van der Waals surface area contributed by atoms with Crippen LogP contribution in [0.3, 0.4) is 0 Å². The third kappa shape index (κ3) is 11.9. The Bertz CT molecular complexity index is 68.0. The summed E-state index contributed by atoms with van der Waals surface area (Å²) in [6.07, 6.45) is 0.480. The zero-order valence-corrected chi connectivity index (χ0v) is 8.69. The van der Waals surface area contributed by atoms with Gasteiger partial charge in [0.05, 0.1) is 6.61 Å². The van der Waals surface area contributed by atoms with Crippen molar-refractivity contribution in [2.24, 2.45) is 0 Å². The van der Waals surface area contributed by atoms with Gasteiger partial charge in [0.15, 0.2) is 0 Å². The van der Waals surface area contributed by atoms with Gasteiger partial charge in [-0.15, -0.1) is 36.4 Å². The molecule has 4 heteroatoms. The van der Waals surface area contributed by atoms with Gasteiger partial charge in [0.25, 0.3) is 0 Å². The third-order valence-corrected chi connectivity index (χ3v) is 0.594. The highest BCUT2D eigenvalue weighted by Crippen LogP contribution is 1.80. The molecule has 0 aromatic rings. The SMILES string of the molecule is CCOC(=O)CC.Cl.I. The predicted octanol–water partition coefficient (Wildman–Crippen LogP) is 2.00. The molecule has 0 rings (SSSR count). The van der Waals surface area contributed by atoms with Gasteiger partial charge in [0.1, 0.15) is 0 Å². The van der Waals surface area contributed by atoms with E-state index in [4.69, 9.17) is 0 Å². The number of esters is 1. The van der Waals surface area contributed by atoms with Crippen molar-refractivity contribution in [2.45, 2.75) is 20.3 Å². The summed E-state index contributed by atoms with van der Waals surface area (Å²) < 4.78 is 4.55. The van der Waals surface area contributed by atoms with Crippen molar-refractivity contribution in [3.05, 3.63) is 0 Å². The Labute approximate surface area is 78.8 Å². The summed E-state index contributed by atoms with van der Waals surface area (Å²) in [6.45, 7) is 4.07. The zero-order valence-electron chi connectivity index (χ0n) is 5.55. The highest BCUT2D eigenvalue weighted by molar-refractivity contribution is 14.0. The van der Waals surface area contributed by atoms with E-state index in [1.165, 1.54) is 0 Å². The van der Waals surface area contributed by atoms with E-state index in [0.717, 1.165) is 0 Å². The van der Waals surface area contributed by atoms with E-state index in [0.29, 0.717) is 13.0 Å². The molecule has 0 heterocycles. The van der Waals surface area contributed by atoms with Crippen molar-refractivity contribution >= 4 is 42.4 Å². The number of carbonyl (C=O) groups is 1. The van der Waals surface area contributed by atoms with E-state index >= 15 is 0 Å². The number of hydrogen-bond acceptors (Lipinski definition) is 2. The molecule has 0 spiro atoms. The number of carbonyl (C=O) groups excluding carboxylic acids is 1. The van der Waals surface area contributed by atoms with Crippen LogP contribution in [0.5, 0.6) is 0 Å². The summed E-state index contributed by atoms with van der Waals surface area (Å²) in [5, 5.41) is 0. The normalized spacial score (nSPS) is 6.44. The first-order chi connectivity index (χ1) is 3.31. The highest BCUT2D eigenvalue weighted by Gasteiger charge is 1.91. The van der Waals surface area contributed by atoms with E-state index < -0.39 is 0 Å². The van der Waals surface area contributed by atoms with Crippen LogP contribution in [0.1, 0.15) is 20.3 Å². The number of halogens is 2. The van der Waals surface area contributed by atoms with E-state index in [1.54, 1.807) is 13.8 Å². The van der Waals surface area contributed by atoms with Crippen molar-refractivity contribution in [2.75, 3.05) is 6.61 Å². The summed E-state index contributed by atoms with van der Waals surface area (Å²) in [6, 6.07) is 0. The van der Waals surface area contributed by atoms with Gasteiger partial charge in [0.2, 0.25) is 0 Å². The van der Waals surface area contributed by atoms with Gasteiger partial charge in [-0.1, -0.05) is 6.92 Å². The van der Waals surface area contributed by atoms with Gasteiger partial charge < -0.3 is 4.74 Å². The lowest BCUT2D eigenvalue weighted by Crippen LogP contribution is -2.00. The van der Waals surface area contributed by atoms with Gasteiger partial charge in [0, 0.05) is 6.42 Å². The van der Waals surface area contributed by atoms with Crippen LogP contribution in [-0.4, -0.2) is 12.6 Å². The molecule has 0 amide bonds. The fourth-order valence-electron chi connectivity index (χ4n) is 0.263. The topological polar surface area (TPSA) is 26.3 Å². The summed E-state index contributed by atoms with van der Waals surface area (Å²) in [4.78, 5) is 10.2. The highest BCUT2D eigenvalue weighted by atomic mass is 127. The lowest BCUT2D eigenvalue weighted by atomic mass is 10.5. The molecule has 0 aromatic heterocycles. The molecule has 58 valence electrons. The van der Waals surface area contributed by atoms with Crippen LogP contribution in [0.2, 0.25) is 0 Å². The Kier molecular flexibility index (Phi) is 20.4. The first kappa shape index (κ1) is 16.2. The van der Waals surface area contributed by atoms with E-state index in [2.05, 4.69) is 4.74 Å². The molecule has 0 fully saturated rings. The lowest BCUT2D eigenvalue weighted by molar-refractivity contribution is -0.142. The smallest absolute Gasteiger partial charge is 0.305 e. The number of ether oxygens (including phenoxy) is 1. The van der Waals surface area contributed by atoms with E-state index in [-0.39, 0.29) is 42.4 Å². The van der Waals surface area contributed by atoms with Gasteiger partial charge in [-0.2, -0.15) is 0 Å². The van der Waals surface area contributed by atoms with Crippen LogP contribution in [-0.2, 0) is 9.53 Å². The van der Waals surface area contributed by atoms with E-state index in [1.807, 2.05) is 0 Å². The molecule has 0 N–H and O–H groups in total. The van der Waals surface area contributed by atoms with Gasteiger partial charge >= 0.3 is 5.97 Å². The average molecular weight is 267 g/mol. The molecule has 0 bridgehead atoms. The minimum atomic E-state index is -0.123. The Morgan fingerprint density at radius 3 is 2.00 bits per heavy atom. The van der Waals surface area contributed by atoms with E-state index in [9.17, 15) is 4.79 Å². The van der Waals surface area contributed by atoms with Crippen molar-refractivity contribution in [1.29, 1.82) is 0 Å². The fourth-order valence-corrected chi connectivity index (χ4v) is 0.263. The second-order valence-electron chi connectivity index (χ2n) is 1.16. The maximum Gasteiger partial charge on any atom is 0.305 e. The van der Waals surface area contributed by atoms with Crippen LogP contribution in [0.4, 0.5) is 0 Å². The van der Waals surface area contributed by atoms with Crippen molar-refractivity contribution < 1.29 is 9.53 Å². The number of hydrogen-bond donors (Lipinski definition) is 0. The minimum Gasteiger partial charge on any atom is -0.466 e. The number of rotatable bonds is 2. The quantitative estimate of drug-likeness (QED) is 0.564. The fraction of sp³-hybridized carbons (Fsp3) is 0.800. The molecule has 0 aliphatic heterocycles. The molecule has 0 radical (unpaired) electrons. The molecule has 2 nitrogen and oxygen atoms in total. The molecule has 0 saturated heterocycles. The van der Waals surface area contributed by atoms with Crippen molar-refractivity contribution in [1.82, 2.24) is 0 Å². The van der Waals surface area contributed by atoms with Gasteiger partial charge in [-0.05, 0) is 6.92 Å². The zero-order chi connectivity index (χ0) is 5.70. The second-order valence-corrected chi connectivity index (χ2v) is 1.16. The van der Waals surface area contributed by atoms with Crippen LogP contribution < -0.4 is 0 Å². The van der Waals surface area contributed by atoms with Crippen LogP contribution in [0.15, 0.2) is 0 Å². The Balaban J connectivity index is -0.000000180. The first-order valence-corrected chi connectivity index (χ1v) is 2.46. The van der Waals surface area contributed by atoms with Crippen molar-refractivity contribution in [3.63, 3.8) is 0 Å². The second kappa shape index (κ2) is 11.3. The van der Waals surface area contributed by atoms with Crippen molar-refractivity contribution in [3.8, 4) is 0 Å². The lowest BCUT2D eigenvalue weighted by Gasteiger charge is -1.93. The van der Waals surface area contributed by atoms with Gasteiger partial charge in [-0.25, -0.2) is 0 Å². The molecule has 0 saturated carbocycles. The molecule has 0 aromatic carbocycles. The molecule has 0 aliphatic carbocycles. The summed E-state index contributed by atoms with van der Waals surface area (Å²) in [7, 11) is 0.